The van der Waals surface area contributed by atoms with Gasteiger partial charge in [-0.15, -0.1) is 5.10 Å². The molecule has 2 heterocycles. The molecule has 5 nitrogen and oxygen atoms in total. The largest absolute Gasteiger partial charge is 0.311 e. The molecule has 0 aliphatic carbocycles. The Bertz CT molecular complexity index is 375. The van der Waals surface area contributed by atoms with E-state index in [-0.39, 0.29) is 0 Å². The van der Waals surface area contributed by atoms with Crippen molar-refractivity contribution in [3.05, 3.63) is 11.9 Å². The monoisotopic (exact) mass is 251 g/mol. The zero-order chi connectivity index (χ0) is 13.1. The molecule has 3 unspecified atom stereocenters. The fourth-order valence-electron chi connectivity index (χ4n) is 2.51. The molecule has 1 aromatic rings. The van der Waals surface area contributed by atoms with Crippen LogP contribution in [0.5, 0.6) is 0 Å². The van der Waals surface area contributed by atoms with Gasteiger partial charge in [-0.3, -0.25) is 9.58 Å². The summed E-state index contributed by atoms with van der Waals surface area (Å²) in [6, 6.07) is 1.16. The minimum Gasteiger partial charge on any atom is -0.311 e. The van der Waals surface area contributed by atoms with Crippen LogP contribution in [0, 0.1) is 5.92 Å². The third kappa shape index (κ3) is 3.09. The maximum Gasteiger partial charge on any atom is 0.0967 e. The van der Waals surface area contributed by atoms with E-state index in [1.807, 2.05) is 13.2 Å². The number of rotatable bonds is 4. The van der Waals surface area contributed by atoms with Crippen LogP contribution in [0.2, 0.25) is 0 Å². The van der Waals surface area contributed by atoms with Crippen molar-refractivity contribution in [2.45, 2.75) is 45.8 Å². The second-order valence-corrected chi connectivity index (χ2v) is 5.56. The highest BCUT2D eigenvalue weighted by molar-refractivity contribution is 4.95. The molecule has 1 N–H and O–H groups in total. The number of aryl methyl sites for hydroxylation is 1. The Morgan fingerprint density at radius 1 is 1.56 bits per heavy atom. The van der Waals surface area contributed by atoms with Crippen molar-refractivity contribution in [3.8, 4) is 0 Å². The topological polar surface area (TPSA) is 46.0 Å². The highest BCUT2D eigenvalue weighted by atomic mass is 15.4. The third-order valence-corrected chi connectivity index (χ3v) is 4.08. The first-order chi connectivity index (χ1) is 8.60. The average molecular weight is 251 g/mol. The van der Waals surface area contributed by atoms with Crippen LogP contribution >= 0.6 is 0 Å². The summed E-state index contributed by atoms with van der Waals surface area (Å²) in [5, 5.41) is 11.8. The lowest BCUT2D eigenvalue weighted by Crippen LogP contribution is -2.56. The molecule has 3 atom stereocenters. The van der Waals surface area contributed by atoms with Gasteiger partial charge in [-0.1, -0.05) is 25.5 Å². The fourth-order valence-corrected chi connectivity index (χ4v) is 2.51. The van der Waals surface area contributed by atoms with Crippen LogP contribution in [-0.4, -0.2) is 45.1 Å². The van der Waals surface area contributed by atoms with Crippen molar-refractivity contribution >= 4 is 0 Å². The lowest BCUT2D eigenvalue weighted by atomic mass is 9.95. The average Bonchev–Trinajstić information content (AvgIpc) is 2.76. The standard InChI is InChI=1S/C13H25N5/c1-5-10(2)13-9-18(11(3)6-14-13)8-12-7-17(4)16-15-12/h7,10-11,13-14H,5-6,8-9H2,1-4H3. The molecule has 2 rings (SSSR count). The molecule has 0 radical (unpaired) electrons. The number of nitrogens with one attached hydrogen (secondary N) is 1. The maximum atomic E-state index is 4.19. The third-order valence-electron chi connectivity index (χ3n) is 4.08. The van der Waals surface area contributed by atoms with Gasteiger partial charge in [-0.25, -0.2) is 0 Å². The van der Waals surface area contributed by atoms with E-state index in [0.29, 0.717) is 12.1 Å². The van der Waals surface area contributed by atoms with Gasteiger partial charge in [0.2, 0.25) is 0 Å². The second kappa shape index (κ2) is 5.80. The highest BCUT2D eigenvalue weighted by Crippen LogP contribution is 2.17. The zero-order valence-corrected chi connectivity index (χ0v) is 11.9. The molecule has 102 valence electrons. The number of hydrogen-bond acceptors (Lipinski definition) is 4. The number of piperazine rings is 1. The molecule has 0 amide bonds. The quantitative estimate of drug-likeness (QED) is 0.868. The van der Waals surface area contributed by atoms with Gasteiger partial charge in [0.25, 0.3) is 0 Å². The van der Waals surface area contributed by atoms with Gasteiger partial charge in [-0.05, 0) is 12.8 Å². The summed E-state index contributed by atoms with van der Waals surface area (Å²) in [4.78, 5) is 2.51. The molecule has 18 heavy (non-hydrogen) atoms. The Kier molecular flexibility index (Phi) is 4.35. The van der Waals surface area contributed by atoms with Gasteiger partial charge in [0.1, 0.15) is 0 Å². The molecule has 0 saturated carbocycles. The minimum atomic E-state index is 0.562. The van der Waals surface area contributed by atoms with Gasteiger partial charge in [0.15, 0.2) is 0 Å². The van der Waals surface area contributed by atoms with Crippen LogP contribution in [0.4, 0.5) is 0 Å². The van der Waals surface area contributed by atoms with Gasteiger partial charge >= 0.3 is 0 Å². The summed E-state index contributed by atoms with van der Waals surface area (Å²) in [5.74, 6) is 0.724. The molecular weight excluding hydrogens is 226 g/mol. The van der Waals surface area contributed by atoms with E-state index in [0.717, 1.165) is 31.2 Å². The summed E-state index contributed by atoms with van der Waals surface area (Å²) in [5.41, 5.74) is 1.06. The molecule has 0 aromatic carbocycles. The molecule has 0 spiro atoms. The van der Waals surface area contributed by atoms with E-state index < -0.39 is 0 Å². The van der Waals surface area contributed by atoms with Crippen molar-refractivity contribution in [3.63, 3.8) is 0 Å². The van der Waals surface area contributed by atoms with Crippen LogP contribution in [0.25, 0.3) is 0 Å². The van der Waals surface area contributed by atoms with Crippen LogP contribution < -0.4 is 5.32 Å². The summed E-state index contributed by atoms with van der Waals surface area (Å²) < 4.78 is 1.77. The van der Waals surface area contributed by atoms with E-state index in [1.165, 1.54) is 6.42 Å². The van der Waals surface area contributed by atoms with E-state index in [4.69, 9.17) is 0 Å². The Morgan fingerprint density at radius 2 is 2.33 bits per heavy atom. The first-order valence-electron chi connectivity index (χ1n) is 6.92. The summed E-state index contributed by atoms with van der Waals surface area (Å²) in [6.45, 7) is 9.94. The van der Waals surface area contributed by atoms with Gasteiger partial charge in [0, 0.05) is 45.0 Å². The van der Waals surface area contributed by atoms with Gasteiger partial charge in [0.05, 0.1) is 5.69 Å². The van der Waals surface area contributed by atoms with E-state index >= 15 is 0 Å². The van der Waals surface area contributed by atoms with Crippen LogP contribution in [0.1, 0.15) is 32.9 Å². The molecule has 1 aliphatic heterocycles. The minimum absolute atomic E-state index is 0.562. The van der Waals surface area contributed by atoms with Crippen molar-refractivity contribution in [1.29, 1.82) is 0 Å². The van der Waals surface area contributed by atoms with Crippen molar-refractivity contribution < 1.29 is 0 Å². The Labute approximate surface area is 110 Å². The maximum absolute atomic E-state index is 4.19. The van der Waals surface area contributed by atoms with Crippen molar-refractivity contribution in [2.75, 3.05) is 13.1 Å². The molecule has 1 aliphatic rings. The lowest BCUT2D eigenvalue weighted by Gasteiger charge is -2.40. The smallest absolute Gasteiger partial charge is 0.0967 e. The fraction of sp³-hybridized carbons (Fsp3) is 0.846. The molecule has 1 fully saturated rings. The molecule has 1 saturated heterocycles. The first-order valence-corrected chi connectivity index (χ1v) is 6.92. The number of nitrogens with zero attached hydrogens (tertiary/aromatic N) is 4. The summed E-state index contributed by atoms with van der Waals surface area (Å²) in [7, 11) is 1.92. The predicted molar refractivity (Wildman–Crippen MR) is 72.1 cm³/mol. The second-order valence-electron chi connectivity index (χ2n) is 5.56. The van der Waals surface area contributed by atoms with Crippen LogP contribution in [0.15, 0.2) is 6.20 Å². The number of hydrogen-bond donors (Lipinski definition) is 1. The lowest BCUT2D eigenvalue weighted by molar-refractivity contribution is 0.110. The van der Waals surface area contributed by atoms with E-state index in [2.05, 4.69) is 41.3 Å². The number of aromatic nitrogens is 3. The molecule has 1 aromatic heterocycles. The highest BCUT2D eigenvalue weighted by Gasteiger charge is 2.27. The van der Waals surface area contributed by atoms with Crippen LogP contribution in [0.3, 0.4) is 0 Å². The normalized spacial score (nSPS) is 27.3. The predicted octanol–water partition coefficient (Wildman–Crippen LogP) is 1.02. The molecule has 5 heteroatoms. The van der Waals surface area contributed by atoms with Crippen LogP contribution in [-0.2, 0) is 13.6 Å². The Hall–Kier alpha value is -0.940. The first kappa shape index (κ1) is 13.5. The van der Waals surface area contributed by atoms with Gasteiger partial charge < -0.3 is 5.32 Å². The van der Waals surface area contributed by atoms with Crippen molar-refractivity contribution in [2.24, 2.45) is 13.0 Å². The Balaban J connectivity index is 1.97. The molecular formula is C13H25N5. The van der Waals surface area contributed by atoms with Gasteiger partial charge in [-0.2, -0.15) is 0 Å². The van der Waals surface area contributed by atoms with E-state index in [1.54, 1.807) is 4.68 Å². The van der Waals surface area contributed by atoms with E-state index in [9.17, 15) is 0 Å². The molecule has 0 bridgehead atoms. The Morgan fingerprint density at radius 3 is 2.94 bits per heavy atom. The SMILES string of the molecule is CCC(C)C1CN(Cc2cn(C)nn2)C(C)CN1. The summed E-state index contributed by atoms with van der Waals surface area (Å²) >= 11 is 0. The zero-order valence-electron chi connectivity index (χ0n) is 11.9. The summed E-state index contributed by atoms with van der Waals surface area (Å²) in [6.07, 6.45) is 3.23. The van der Waals surface area contributed by atoms with Crippen molar-refractivity contribution in [1.82, 2.24) is 25.2 Å².